The highest BCUT2D eigenvalue weighted by atomic mass is 19.2. The van der Waals surface area contributed by atoms with Gasteiger partial charge in [0.25, 0.3) is 0 Å². The number of benzene rings is 1. The molecule has 0 amide bonds. The number of fused-ring (bicyclic) bond motifs is 4. The van der Waals surface area contributed by atoms with Crippen molar-refractivity contribution in [3.63, 3.8) is 0 Å². The Morgan fingerprint density at radius 3 is 2.61 bits per heavy atom. The molecule has 1 aliphatic carbocycles. The molecular formula is C13H12F2N2O. The number of aliphatic hydroxyl groups is 1. The monoisotopic (exact) mass is 250 g/mol. The molecule has 2 heterocycles. The van der Waals surface area contributed by atoms with Crippen molar-refractivity contribution < 1.29 is 13.9 Å². The van der Waals surface area contributed by atoms with Crippen molar-refractivity contribution in [2.45, 2.75) is 31.0 Å². The Morgan fingerprint density at radius 2 is 2.06 bits per heavy atom. The minimum atomic E-state index is -0.866. The first-order chi connectivity index (χ1) is 8.58. The summed E-state index contributed by atoms with van der Waals surface area (Å²) < 4.78 is 31.0. The Morgan fingerprint density at radius 1 is 1.33 bits per heavy atom. The lowest BCUT2D eigenvalue weighted by Crippen LogP contribution is -2.39. The van der Waals surface area contributed by atoms with E-state index in [0.717, 1.165) is 19.3 Å². The molecule has 1 fully saturated rings. The first kappa shape index (κ1) is 10.3. The topological polar surface area (TPSA) is 30.1 Å². The Bertz CT molecular complexity index is 694. The van der Waals surface area contributed by atoms with Crippen molar-refractivity contribution in [3.05, 3.63) is 29.8 Å². The van der Waals surface area contributed by atoms with Crippen LogP contribution in [0.5, 0.6) is 0 Å². The van der Waals surface area contributed by atoms with Gasteiger partial charge in [-0.2, -0.15) is 0 Å². The minimum Gasteiger partial charge on any atom is -0.386 e. The Hall–Kier alpha value is -1.62. The first-order valence-electron chi connectivity index (χ1n) is 6.04. The second-order valence-corrected chi connectivity index (χ2v) is 5.19. The van der Waals surface area contributed by atoms with E-state index in [1.165, 1.54) is 6.08 Å². The van der Waals surface area contributed by atoms with E-state index < -0.39 is 17.2 Å². The van der Waals surface area contributed by atoms with Crippen LogP contribution in [-0.2, 0) is 0 Å². The molecule has 2 aromatic rings. The van der Waals surface area contributed by atoms with Crippen LogP contribution in [0.25, 0.3) is 17.1 Å². The molecule has 1 unspecified atom stereocenters. The molecule has 94 valence electrons. The van der Waals surface area contributed by atoms with Crippen LogP contribution in [0.15, 0.2) is 12.6 Å². The van der Waals surface area contributed by atoms with Crippen molar-refractivity contribution in [1.82, 2.24) is 9.36 Å². The predicted octanol–water partition coefficient (Wildman–Crippen LogP) is 2.64. The molecule has 0 spiro atoms. The third-order valence-corrected chi connectivity index (χ3v) is 4.23. The summed E-state index contributed by atoms with van der Waals surface area (Å²) in [5.41, 5.74) is 0.311. The molecule has 1 aromatic heterocycles. The average Bonchev–Trinajstić information content (AvgIpc) is 2.95. The maximum absolute atomic E-state index is 13.9. The number of hydrogen-bond donors (Lipinski definition) is 1. The van der Waals surface area contributed by atoms with Gasteiger partial charge in [0.15, 0.2) is 17.8 Å². The molecule has 0 saturated heterocycles. The lowest BCUT2D eigenvalue weighted by Gasteiger charge is -2.34. The summed E-state index contributed by atoms with van der Waals surface area (Å²) in [6, 6.07) is 1.58. The van der Waals surface area contributed by atoms with Crippen molar-refractivity contribution in [3.8, 4) is 0 Å². The van der Waals surface area contributed by atoms with Gasteiger partial charge in [-0.15, -0.1) is 0 Å². The molecule has 1 aliphatic heterocycles. The number of nitrogens with zero attached hydrogens (tertiary/aromatic N) is 2. The predicted molar refractivity (Wildman–Crippen MR) is 63.2 cm³/mol. The Labute approximate surface area is 102 Å². The van der Waals surface area contributed by atoms with Gasteiger partial charge in [0.1, 0.15) is 11.1 Å². The van der Waals surface area contributed by atoms with Crippen LogP contribution in [0.1, 0.15) is 31.0 Å². The van der Waals surface area contributed by atoms with Gasteiger partial charge in [-0.1, -0.05) is 12.7 Å². The first-order valence-corrected chi connectivity index (χ1v) is 6.04. The van der Waals surface area contributed by atoms with E-state index in [9.17, 15) is 13.9 Å². The van der Waals surface area contributed by atoms with E-state index in [0.29, 0.717) is 5.52 Å². The summed E-state index contributed by atoms with van der Waals surface area (Å²) in [6.07, 6.45) is 3.52. The summed E-state index contributed by atoms with van der Waals surface area (Å²) in [6.45, 7) is 3.47. The molecule has 1 atom stereocenters. The highest BCUT2D eigenvalue weighted by Gasteiger charge is 2.56. The fraction of sp³-hybridized carbons (Fsp3) is 0.385. The number of hydrogen-bond acceptors (Lipinski definition) is 1. The molecule has 5 heteroatoms. The van der Waals surface area contributed by atoms with Crippen molar-refractivity contribution in [2.24, 2.45) is 0 Å². The second kappa shape index (κ2) is 2.85. The number of aromatic nitrogens is 2. The summed E-state index contributed by atoms with van der Waals surface area (Å²) in [7, 11) is 0. The number of rotatable bonds is 2. The maximum Gasteiger partial charge on any atom is 0.186 e. The third-order valence-electron chi connectivity index (χ3n) is 4.23. The summed E-state index contributed by atoms with van der Waals surface area (Å²) >= 11 is 0. The van der Waals surface area contributed by atoms with Gasteiger partial charge in [0.05, 0.1) is 5.52 Å². The van der Waals surface area contributed by atoms with Gasteiger partial charge in [-0.25, -0.2) is 8.78 Å². The van der Waals surface area contributed by atoms with Crippen LogP contribution >= 0.6 is 0 Å². The highest BCUT2D eigenvalue weighted by Crippen LogP contribution is 2.53. The van der Waals surface area contributed by atoms with Gasteiger partial charge in [0, 0.05) is 5.56 Å². The van der Waals surface area contributed by atoms with E-state index in [-0.39, 0.29) is 17.2 Å². The molecular weight excluding hydrogens is 238 g/mol. The quantitative estimate of drug-likeness (QED) is 0.872. The molecule has 4 rings (SSSR count). The van der Waals surface area contributed by atoms with Crippen LogP contribution in [0.4, 0.5) is 8.78 Å². The second-order valence-electron chi connectivity index (χ2n) is 5.19. The van der Waals surface area contributed by atoms with E-state index in [2.05, 4.69) is 6.58 Å². The van der Waals surface area contributed by atoms with E-state index in [4.69, 9.17) is 0 Å². The Balaban J connectivity index is 1.88. The van der Waals surface area contributed by atoms with E-state index in [1.807, 2.05) is 4.68 Å². The largest absolute Gasteiger partial charge is 0.386 e. The lowest BCUT2D eigenvalue weighted by molar-refractivity contribution is -0.0505. The van der Waals surface area contributed by atoms with Gasteiger partial charge in [-0.3, -0.25) is 9.36 Å². The van der Waals surface area contributed by atoms with Crippen LogP contribution in [0.3, 0.4) is 0 Å². The Kier molecular flexibility index (Phi) is 1.64. The van der Waals surface area contributed by atoms with Crippen LogP contribution in [-0.4, -0.2) is 20.1 Å². The fourth-order valence-electron chi connectivity index (χ4n) is 3.02. The normalized spacial score (nSPS) is 23.8. The molecule has 1 N–H and O–H groups in total. The molecule has 1 aromatic carbocycles. The van der Waals surface area contributed by atoms with Crippen LogP contribution in [0.2, 0.25) is 0 Å². The van der Waals surface area contributed by atoms with E-state index >= 15 is 0 Å². The molecule has 1 saturated carbocycles. The van der Waals surface area contributed by atoms with Gasteiger partial charge >= 0.3 is 0 Å². The molecule has 3 nitrogen and oxygen atoms in total. The van der Waals surface area contributed by atoms with Crippen LogP contribution in [0, 0.1) is 11.6 Å². The third kappa shape index (κ3) is 0.938. The fourth-order valence-corrected chi connectivity index (χ4v) is 3.02. The van der Waals surface area contributed by atoms with Gasteiger partial charge in [-0.05, 0) is 25.3 Å². The summed E-state index contributed by atoms with van der Waals surface area (Å²) in [5.74, 6) is -1.71. The van der Waals surface area contributed by atoms with Crippen LogP contribution < -0.4 is 0 Å². The summed E-state index contributed by atoms with van der Waals surface area (Å²) in [4.78, 5) is 0. The standard InChI is InChI=1S/C13H12F2N2O/c1-2-7-6-8-11(10(15)9(7)14)17-12(16(8)17)13(18)4-3-5-13/h2,6,12,18H,1,3-5H2. The molecule has 0 radical (unpaired) electrons. The summed E-state index contributed by atoms with van der Waals surface area (Å²) in [5, 5.41) is 10.3. The van der Waals surface area contributed by atoms with Gasteiger partial charge in [0.2, 0.25) is 0 Å². The SMILES string of the molecule is C=Cc1cc2c(c(F)c1F)n1n2C1C1(O)CCC1. The molecule has 2 aliphatic rings. The lowest BCUT2D eigenvalue weighted by atomic mass is 9.79. The van der Waals surface area contributed by atoms with Gasteiger partial charge < -0.3 is 5.11 Å². The number of halogens is 2. The molecule has 0 bridgehead atoms. The average molecular weight is 250 g/mol. The zero-order chi connectivity index (χ0) is 12.7. The van der Waals surface area contributed by atoms with Crippen molar-refractivity contribution in [2.75, 3.05) is 0 Å². The minimum absolute atomic E-state index is 0.164. The van der Waals surface area contributed by atoms with Crippen molar-refractivity contribution >= 4 is 17.1 Å². The highest BCUT2D eigenvalue weighted by molar-refractivity contribution is 5.85. The smallest absolute Gasteiger partial charge is 0.186 e. The van der Waals surface area contributed by atoms with E-state index in [1.54, 1.807) is 10.7 Å². The zero-order valence-corrected chi connectivity index (χ0v) is 9.66. The van der Waals surface area contributed by atoms with Crippen molar-refractivity contribution in [1.29, 1.82) is 0 Å². The maximum atomic E-state index is 13.9. The molecule has 18 heavy (non-hydrogen) atoms. The zero-order valence-electron chi connectivity index (χ0n) is 9.66.